The predicted octanol–water partition coefficient (Wildman–Crippen LogP) is 3.20. The van der Waals surface area contributed by atoms with Crippen molar-refractivity contribution >= 4 is 32.5 Å². The standard InChI is InChI=1S/C21H23N3O3S/c1-15(2)28(26,27)21-22-17-10-4-6-12-19(17)24(21)14-20(25)23-13-7-9-16-8-3-5-11-18(16)23/h3-6,8,10-12,15H,7,9,13-14H2,1-2H3. The van der Waals surface area contributed by atoms with Crippen LogP contribution < -0.4 is 4.90 Å². The largest absolute Gasteiger partial charge is 0.311 e. The van der Waals surface area contributed by atoms with Crippen LogP contribution in [0.15, 0.2) is 53.7 Å². The van der Waals surface area contributed by atoms with Crippen LogP contribution in [-0.4, -0.2) is 35.7 Å². The van der Waals surface area contributed by atoms with Crippen LogP contribution in [0, 0.1) is 0 Å². The number of carbonyl (C=O) groups is 1. The summed E-state index contributed by atoms with van der Waals surface area (Å²) < 4.78 is 27.3. The van der Waals surface area contributed by atoms with Gasteiger partial charge >= 0.3 is 0 Å². The van der Waals surface area contributed by atoms with Gasteiger partial charge in [0.05, 0.1) is 16.3 Å². The van der Waals surface area contributed by atoms with Crippen LogP contribution in [0.25, 0.3) is 11.0 Å². The number of benzene rings is 2. The number of rotatable bonds is 4. The number of hydrogen-bond acceptors (Lipinski definition) is 4. The molecule has 0 spiro atoms. The van der Waals surface area contributed by atoms with Crippen molar-refractivity contribution in [1.29, 1.82) is 0 Å². The summed E-state index contributed by atoms with van der Waals surface area (Å²) in [6, 6.07) is 15.1. The molecular formula is C21H23N3O3S. The number of para-hydroxylation sites is 3. The fourth-order valence-electron chi connectivity index (χ4n) is 3.65. The third-order valence-corrected chi connectivity index (χ3v) is 7.26. The molecule has 2 heterocycles. The Kier molecular flexibility index (Phi) is 4.71. The number of sulfone groups is 1. The first-order valence-electron chi connectivity index (χ1n) is 9.47. The van der Waals surface area contributed by atoms with Crippen LogP contribution in [0.1, 0.15) is 25.8 Å². The van der Waals surface area contributed by atoms with E-state index in [2.05, 4.69) is 4.98 Å². The summed E-state index contributed by atoms with van der Waals surface area (Å²) in [6.45, 7) is 3.83. The van der Waals surface area contributed by atoms with E-state index in [4.69, 9.17) is 0 Å². The van der Waals surface area contributed by atoms with Crippen molar-refractivity contribution in [2.24, 2.45) is 0 Å². The molecule has 7 heteroatoms. The summed E-state index contributed by atoms with van der Waals surface area (Å²) in [7, 11) is -3.63. The summed E-state index contributed by atoms with van der Waals surface area (Å²) in [5.74, 6) is -0.129. The lowest BCUT2D eigenvalue weighted by Crippen LogP contribution is -2.38. The van der Waals surface area contributed by atoms with E-state index in [-0.39, 0.29) is 17.6 Å². The molecule has 1 aromatic heterocycles. The number of carbonyl (C=O) groups excluding carboxylic acids is 1. The Balaban J connectivity index is 1.77. The molecule has 4 rings (SSSR count). The van der Waals surface area contributed by atoms with Crippen molar-refractivity contribution in [2.45, 2.75) is 43.6 Å². The maximum absolute atomic E-state index is 13.2. The number of imidazole rings is 1. The molecule has 0 saturated heterocycles. The summed E-state index contributed by atoms with van der Waals surface area (Å²) in [4.78, 5) is 19.3. The Labute approximate surface area is 164 Å². The summed E-state index contributed by atoms with van der Waals surface area (Å²) in [6.07, 6.45) is 1.84. The van der Waals surface area contributed by atoms with Gasteiger partial charge in [-0.2, -0.15) is 0 Å². The number of fused-ring (bicyclic) bond motifs is 2. The van der Waals surface area contributed by atoms with E-state index in [1.807, 2.05) is 36.4 Å². The Morgan fingerprint density at radius 3 is 2.61 bits per heavy atom. The van der Waals surface area contributed by atoms with Crippen LogP contribution >= 0.6 is 0 Å². The van der Waals surface area contributed by atoms with E-state index >= 15 is 0 Å². The molecule has 146 valence electrons. The predicted molar refractivity (Wildman–Crippen MR) is 109 cm³/mol. The molecule has 6 nitrogen and oxygen atoms in total. The van der Waals surface area contributed by atoms with Crippen molar-refractivity contribution in [3.8, 4) is 0 Å². The molecule has 0 aliphatic carbocycles. The molecule has 1 amide bonds. The van der Waals surface area contributed by atoms with Gasteiger partial charge in [0.15, 0.2) is 0 Å². The van der Waals surface area contributed by atoms with Crippen LogP contribution in [0.5, 0.6) is 0 Å². The monoisotopic (exact) mass is 397 g/mol. The van der Waals surface area contributed by atoms with Gasteiger partial charge in [-0.1, -0.05) is 30.3 Å². The van der Waals surface area contributed by atoms with Gasteiger partial charge in [-0.3, -0.25) is 4.79 Å². The third kappa shape index (κ3) is 3.09. The lowest BCUT2D eigenvalue weighted by Gasteiger charge is -2.29. The molecule has 0 unspecified atom stereocenters. The van der Waals surface area contributed by atoms with E-state index in [1.54, 1.807) is 35.4 Å². The smallest absolute Gasteiger partial charge is 0.247 e. The van der Waals surface area contributed by atoms with Gasteiger partial charge in [0.25, 0.3) is 0 Å². The van der Waals surface area contributed by atoms with Gasteiger partial charge in [-0.15, -0.1) is 0 Å². The van der Waals surface area contributed by atoms with Gasteiger partial charge in [0, 0.05) is 12.2 Å². The van der Waals surface area contributed by atoms with Crippen LogP contribution in [0.2, 0.25) is 0 Å². The average molecular weight is 398 g/mol. The van der Waals surface area contributed by atoms with Gasteiger partial charge in [0.2, 0.25) is 20.9 Å². The molecule has 0 saturated carbocycles. The molecule has 0 radical (unpaired) electrons. The molecule has 0 atom stereocenters. The van der Waals surface area contributed by atoms with E-state index < -0.39 is 15.1 Å². The zero-order valence-corrected chi connectivity index (χ0v) is 16.8. The summed E-state index contributed by atoms with van der Waals surface area (Å²) in [5, 5.41) is -0.656. The third-order valence-electron chi connectivity index (χ3n) is 5.20. The Hall–Kier alpha value is -2.67. The van der Waals surface area contributed by atoms with Crippen LogP contribution in [-0.2, 0) is 27.6 Å². The second-order valence-corrected chi connectivity index (χ2v) is 9.74. The van der Waals surface area contributed by atoms with Crippen molar-refractivity contribution < 1.29 is 13.2 Å². The van der Waals surface area contributed by atoms with E-state index in [0.717, 1.165) is 24.1 Å². The molecule has 28 heavy (non-hydrogen) atoms. The molecular weight excluding hydrogens is 374 g/mol. The molecule has 2 aromatic carbocycles. The molecule has 0 bridgehead atoms. The maximum atomic E-state index is 13.2. The lowest BCUT2D eigenvalue weighted by atomic mass is 10.0. The highest BCUT2D eigenvalue weighted by molar-refractivity contribution is 7.91. The minimum absolute atomic E-state index is 0.0395. The Morgan fingerprint density at radius 1 is 1.11 bits per heavy atom. The fourth-order valence-corrected chi connectivity index (χ4v) is 4.76. The maximum Gasteiger partial charge on any atom is 0.247 e. The van der Waals surface area contributed by atoms with Crippen molar-refractivity contribution in [1.82, 2.24) is 9.55 Å². The van der Waals surface area contributed by atoms with Crippen molar-refractivity contribution in [3.05, 3.63) is 54.1 Å². The number of amides is 1. The highest BCUT2D eigenvalue weighted by Gasteiger charge is 2.29. The van der Waals surface area contributed by atoms with Crippen molar-refractivity contribution in [2.75, 3.05) is 11.4 Å². The van der Waals surface area contributed by atoms with Crippen LogP contribution in [0.4, 0.5) is 5.69 Å². The summed E-state index contributed by atoms with van der Waals surface area (Å²) in [5.41, 5.74) is 3.29. The van der Waals surface area contributed by atoms with E-state index in [1.165, 1.54) is 0 Å². The molecule has 0 fully saturated rings. The summed E-state index contributed by atoms with van der Waals surface area (Å²) >= 11 is 0. The molecule has 1 aliphatic heterocycles. The topological polar surface area (TPSA) is 72.3 Å². The Morgan fingerprint density at radius 2 is 1.82 bits per heavy atom. The highest BCUT2D eigenvalue weighted by Crippen LogP contribution is 2.28. The number of anilines is 1. The number of nitrogens with zero attached hydrogens (tertiary/aromatic N) is 3. The average Bonchev–Trinajstić information content (AvgIpc) is 3.06. The molecule has 3 aromatic rings. The van der Waals surface area contributed by atoms with Gasteiger partial charge < -0.3 is 9.47 Å². The number of aromatic nitrogens is 2. The number of hydrogen-bond donors (Lipinski definition) is 0. The quantitative estimate of drug-likeness (QED) is 0.678. The minimum Gasteiger partial charge on any atom is -0.311 e. The SMILES string of the molecule is CC(C)S(=O)(=O)c1nc2ccccc2n1CC(=O)N1CCCc2ccccc21. The fraction of sp³-hybridized carbons (Fsp3) is 0.333. The van der Waals surface area contributed by atoms with Gasteiger partial charge in [-0.25, -0.2) is 13.4 Å². The normalized spacial score (nSPS) is 14.5. The van der Waals surface area contributed by atoms with E-state index in [0.29, 0.717) is 17.6 Å². The van der Waals surface area contributed by atoms with Crippen molar-refractivity contribution in [3.63, 3.8) is 0 Å². The first-order valence-corrected chi connectivity index (χ1v) is 11.0. The first-order chi connectivity index (χ1) is 13.4. The minimum atomic E-state index is -3.63. The van der Waals surface area contributed by atoms with Gasteiger partial charge in [-0.05, 0) is 50.5 Å². The van der Waals surface area contributed by atoms with Crippen LogP contribution in [0.3, 0.4) is 0 Å². The zero-order valence-electron chi connectivity index (χ0n) is 16.0. The second kappa shape index (κ2) is 7.05. The Bertz CT molecular complexity index is 1150. The molecule has 0 N–H and O–H groups in total. The first kappa shape index (κ1) is 18.7. The lowest BCUT2D eigenvalue weighted by molar-refractivity contribution is -0.119. The highest BCUT2D eigenvalue weighted by atomic mass is 32.2. The second-order valence-electron chi connectivity index (χ2n) is 7.34. The van der Waals surface area contributed by atoms with Gasteiger partial charge in [0.1, 0.15) is 6.54 Å². The zero-order chi connectivity index (χ0) is 19.9. The van der Waals surface area contributed by atoms with E-state index in [9.17, 15) is 13.2 Å². The number of aryl methyl sites for hydroxylation is 1. The molecule has 1 aliphatic rings.